The molecule has 0 aliphatic rings. The van der Waals surface area contributed by atoms with Crippen LogP contribution in [0.1, 0.15) is 17.5 Å². The highest BCUT2D eigenvalue weighted by molar-refractivity contribution is 5.63. The van der Waals surface area contributed by atoms with Crippen LogP contribution in [0.5, 0.6) is 5.75 Å². The lowest BCUT2D eigenvalue weighted by Gasteiger charge is -2.28. The molecule has 3 heteroatoms. The average Bonchev–Trinajstić information content (AvgIpc) is 2.79. The van der Waals surface area contributed by atoms with Gasteiger partial charge in [-0.3, -0.25) is 4.79 Å². The molecule has 0 radical (unpaired) electrons. The van der Waals surface area contributed by atoms with Crippen molar-refractivity contribution in [2.24, 2.45) is 0 Å². The van der Waals surface area contributed by atoms with Crippen molar-refractivity contribution in [3.8, 4) is 16.9 Å². The molecule has 29 heavy (non-hydrogen) atoms. The molecule has 0 aliphatic carbocycles. The van der Waals surface area contributed by atoms with Gasteiger partial charge in [-0.25, -0.2) is 0 Å². The number of benzene rings is 3. The van der Waals surface area contributed by atoms with E-state index in [0.29, 0.717) is 6.54 Å². The monoisotopic (exact) mass is 385 g/mol. The topological polar surface area (TPSA) is 29.5 Å². The normalized spacial score (nSPS) is 11.5. The predicted octanol–water partition coefficient (Wildman–Crippen LogP) is 5.51. The highest BCUT2D eigenvalue weighted by atomic mass is 16.5. The van der Waals surface area contributed by atoms with Crippen molar-refractivity contribution in [2.75, 3.05) is 7.11 Å². The van der Waals surface area contributed by atoms with Crippen molar-refractivity contribution in [3.05, 3.63) is 103 Å². The summed E-state index contributed by atoms with van der Waals surface area (Å²) in [5.74, 6) is 0.813. The van der Waals surface area contributed by atoms with Gasteiger partial charge >= 0.3 is 0 Å². The molecule has 148 valence electrons. The van der Waals surface area contributed by atoms with E-state index in [1.165, 1.54) is 16.7 Å². The highest BCUT2D eigenvalue weighted by Gasteiger charge is 2.17. The lowest BCUT2D eigenvalue weighted by molar-refractivity contribution is -0.120. The van der Waals surface area contributed by atoms with Crippen LogP contribution >= 0.6 is 0 Å². The molecule has 1 amide bonds. The van der Waals surface area contributed by atoms with Gasteiger partial charge in [-0.05, 0) is 47.2 Å². The summed E-state index contributed by atoms with van der Waals surface area (Å²) in [6, 6.07) is 26.8. The Kier molecular flexibility index (Phi) is 7.23. The van der Waals surface area contributed by atoms with E-state index in [4.69, 9.17) is 4.74 Å². The fraction of sp³-hybridized carbons (Fsp3) is 0.192. The summed E-state index contributed by atoms with van der Waals surface area (Å²) in [6.45, 7) is 4.45. The second kappa shape index (κ2) is 10.3. The Bertz CT molecular complexity index is 902. The van der Waals surface area contributed by atoms with Gasteiger partial charge in [0.2, 0.25) is 6.41 Å². The van der Waals surface area contributed by atoms with E-state index in [9.17, 15) is 4.79 Å². The average molecular weight is 386 g/mol. The molecular weight excluding hydrogens is 358 g/mol. The molecule has 0 fully saturated rings. The van der Waals surface area contributed by atoms with Crippen molar-refractivity contribution < 1.29 is 9.53 Å². The van der Waals surface area contributed by atoms with E-state index < -0.39 is 0 Å². The van der Waals surface area contributed by atoms with Gasteiger partial charge in [0.05, 0.1) is 7.11 Å². The summed E-state index contributed by atoms with van der Waals surface area (Å²) in [5.41, 5.74) is 4.68. The van der Waals surface area contributed by atoms with E-state index in [-0.39, 0.29) is 6.04 Å². The summed E-state index contributed by atoms with van der Waals surface area (Å²) >= 11 is 0. The minimum Gasteiger partial charge on any atom is -0.497 e. The molecule has 3 rings (SSSR count). The Labute approximate surface area is 173 Å². The molecule has 0 N–H and O–H groups in total. The summed E-state index contributed by atoms with van der Waals surface area (Å²) in [7, 11) is 1.65. The molecule has 0 saturated carbocycles. The molecule has 3 aromatic rings. The van der Waals surface area contributed by atoms with Crippen LogP contribution in [-0.2, 0) is 17.8 Å². The summed E-state index contributed by atoms with van der Waals surface area (Å²) in [6.07, 6.45) is 4.36. The first kappa shape index (κ1) is 20.4. The van der Waals surface area contributed by atoms with Crippen LogP contribution in [0.15, 0.2) is 91.5 Å². The molecular formula is C26H27NO2. The summed E-state index contributed by atoms with van der Waals surface area (Å²) in [5, 5.41) is 0. The van der Waals surface area contributed by atoms with Gasteiger partial charge in [0.25, 0.3) is 0 Å². The molecule has 0 aliphatic heterocycles. The highest BCUT2D eigenvalue weighted by Crippen LogP contribution is 2.22. The van der Waals surface area contributed by atoms with Crippen molar-refractivity contribution in [2.45, 2.75) is 25.4 Å². The van der Waals surface area contributed by atoms with Crippen LogP contribution in [0, 0.1) is 0 Å². The van der Waals surface area contributed by atoms with E-state index in [0.717, 1.165) is 30.6 Å². The fourth-order valence-electron chi connectivity index (χ4n) is 3.46. The number of carbonyl (C=O) groups excluding carboxylic acids is 1. The minimum absolute atomic E-state index is 0.0645. The lowest BCUT2D eigenvalue weighted by Crippen LogP contribution is -2.35. The zero-order chi connectivity index (χ0) is 20.5. The maximum Gasteiger partial charge on any atom is 0.210 e. The largest absolute Gasteiger partial charge is 0.497 e. The number of rotatable bonds is 10. The number of amides is 1. The molecule has 0 bridgehead atoms. The fourth-order valence-corrected chi connectivity index (χ4v) is 3.46. The number of nitrogens with zero attached hydrogens (tertiary/aromatic N) is 1. The van der Waals surface area contributed by atoms with Crippen LogP contribution in [0.4, 0.5) is 0 Å². The molecule has 0 unspecified atom stereocenters. The Morgan fingerprint density at radius 3 is 2.10 bits per heavy atom. The van der Waals surface area contributed by atoms with Crippen molar-refractivity contribution in [1.29, 1.82) is 0 Å². The Morgan fingerprint density at radius 1 is 0.897 bits per heavy atom. The molecule has 1 atom stereocenters. The third-order valence-electron chi connectivity index (χ3n) is 5.10. The predicted molar refractivity (Wildman–Crippen MR) is 119 cm³/mol. The van der Waals surface area contributed by atoms with Crippen LogP contribution in [0.25, 0.3) is 11.1 Å². The quantitative estimate of drug-likeness (QED) is 0.340. The first-order chi connectivity index (χ1) is 14.2. The number of methoxy groups -OCH3 is 1. The first-order valence-corrected chi connectivity index (χ1v) is 9.82. The molecule has 0 spiro atoms. The second-order valence-electron chi connectivity index (χ2n) is 7.07. The van der Waals surface area contributed by atoms with E-state index in [2.05, 4.69) is 43.0 Å². The molecule has 0 heterocycles. The van der Waals surface area contributed by atoms with Gasteiger partial charge in [0, 0.05) is 12.6 Å². The van der Waals surface area contributed by atoms with Gasteiger partial charge < -0.3 is 9.64 Å². The summed E-state index contributed by atoms with van der Waals surface area (Å²) < 4.78 is 5.21. The van der Waals surface area contributed by atoms with E-state index >= 15 is 0 Å². The standard InChI is InChI=1S/C26H27NO2/c1-3-7-25(27(20-28)19-22-12-16-26(29-2)17-13-22)18-21-10-14-24(15-11-21)23-8-5-4-6-9-23/h3-6,8-17,20,25H,1,7,18-19H2,2H3/t25-/m0/s1. The zero-order valence-electron chi connectivity index (χ0n) is 16.8. The third kappa shape index (κ3) is 5.58. The minimum atomic E-state index is 0.0645. The van der Waals surface area contributed by atoms with Gasteiger partial charge in [-0.1, -0.05) is 72.8 Å². The number of carbonyl (C=O) groups is 1. The van der Waals surface area contributed by atoms with Crippen molar-refractivity contribution in [3.63, 3.8) is 0 Å². The van der Waals surface area contributed by atoms with Gasteiger partial charge in [0.15, 0.2) is 0 Å². The maximum atomic E-state index is 11.8. The Balaban J connectivity index is 1.71. The van der Waals surface area contributed by atoms with Crippen molar-refractivity contribution in [1.82, 2.24) is 4.90 Å². The maximum absolute atomic E-state index is 11.8. The Morgan fingerprint density at radius 2 is 1.52 bits per heavy atom. The van der Waals surface area contributed by atoms with Crippen LogP contribution in [0.2, 0.25) is 0 Å². The summed E-state index contributed by atoms with van der Waals surface area (Å²) in [4.78, 5) is 13.7. The van der Waals surface area contributed by atoms with E-state index in [1.54, 1.807) is 7.11 Å². The van der Waals surface area contributed by atoms with Gasteiger partial charge in [0.1, 0.15) is 5.75 Å². The van der Waals surface area contributed by atoms with Gasteiger partial charge in [-0.2, -0.15) is 0 Å². The number of hydrogen-bond donors (Lipinski definition) is 0. The molecule has 0 saturated heterocycles. The first-order valence-electron chi connectivity index (χ1n) is 9.82. The second-order valence-corrected chi connectivity index (χ2v) is 7.07. The molecule has 3 nitrogen and oxygen atoms in total. The third-order valence-corrected chi connectivity index (χ3v) is 5.10. The van der Waals surface area contributed by atoms with Crippen LogP contribution < -0.4 is 4.74 Å². The smallest absolute Gasteiger partial charge is 0.210 e. The molecule has 0 aromatic heterocycles. The lowest BCUT2D eigenvalue weighted by atomic mass is 9.98. The van der Waals surface area contributed by atoms with Gasteiger partial charge in [-0.15, -0.1) is 6.58 Å². The van der Waals surface area contributed by atoms with Crippen LogP contribution in [0.3, 0.4) is 0 Å². The zero-order valence-corrected chi connectivity index (χ0v) is 16.8. The molecule has 3 aromatic carbocycles. The van der Waals surface area contributed by atoms with Crippen molar-refractivity contribution >= 4 is 6.41 Å². The number of ether oxygens (including phenoxy) is 1. The Hall–Kier alpha value is -3.33. The number of hydrogen-bond acceptors (Lipinski definition) is 2. The van der Waals surface area contributed by atoms with Crippen LogP contribution in [-0.4, -0.2) is 24.5 Å². The van der Waals surface area contributed by atoms with E-state index in [1.807, 2.05) is 53.4 Å². The SMILES string of the molecule is C=CC[C@@H](Cc1ccc(-c2ccccc2)cc1)N(C=O)Cc1ccc(OC)cc1.